The van der Waals surface area contributed by atoms with Crippen LogP contribution in [0.2, 0.25) is 0 Å². The molecule has 0 bridgehead atoms. The molecular formula is C27H32N2O3. The third-order valence-electron chi connectivity index (χ3n) is 5.16. The fourth-order valence-electron chi connectivity index (χ4n) is 3.24. The normalized spacial score (nSPS) is 10.7. The van der Waals surface area contributed by atoms with E-state index in [0.29, 0.717) is 42.7 Å². The zero-order valence-electron chi connectivity index (χ0n) is 19.3. The van der Waals surface area contributed by atoms with E-state index in [9.17, 15) is 4.79 Å². The zero-order chi connectivity index (χ0) is 22.9. The quantitative estimate of drug-likeness (QED) is 0.439. The summed E-state index contributed by atoms with van der Waals surface area (Å²) < 4.78 is 11.6. The van der Waals surface area contributed by atoms with Crippen LogP contribution in [0.3, 0.4) is 0 Å². The highest BCUT2D eigenvalue weighted by molar-refractivity contribution is 5.95. The number of carbonyl (C=O) groups is 1. The topological polar surface area (TPSA) is 59.6 Å². The molecule has 1 amide bonds. The van der Waals surface area contributed by atoms with E-state index in [0.717, 1.165) is 16.8 Å². The van der Waals surface area contributed by atoms with Crippen LogP contribution in [0.1, 0.15) is 40.9 Å². The van der Waals surface area contributed by atoms with E-state index in [1.807, 2.05) is 54.6 Å². The molecular weight excluding hydrogens is 400 g/mol. The summed E-state index contributed by atoms with van der Waals surface area (Å²) in [5.41, 5.74) is 4.94. The number of amides is 1. The smallest absolute Gasteiger partial charge is 0.251 e. The van der Waals surface area contributed by atoms with Crippen molar-refractivity contribution < 1.29 is 14.3 Å². The number of carbonyl (C=O) groups excluding carboxylic acids is 1. The van der Waals surface area contributed by atoms with E-state index in [1.165, 1.54) is 5.56 Å². The monoisotopic (exact) mass is 432 g/mol. The molecule has 0 spiro atoms. The van der Waals surface area contributed by atoms with Gasteiger partial charge in [0, 0.05) is 24.3 Å². The van der Waals surface area contributed by atoms with Crippen molar-refractivity contribution in [2.24, 2.45) is 5.92 Å². The van der Waals surface area contributed by atoms with Crippen LogP contribution in [0.25, 0.3) is 0 Å². The molecule has 0 aliphatic heterocycles. The summed E-state index contributed by atoms with van der Waals surface area (Å²) in [7, 11) is 1.65. The molecule has 0 heterocycles. The second-order valence-corrected chi connectivity index (χ2v) is 8.24. The first-order valence-electron chi connectivity index (χ1n) is 10.9. The number of nitrogens with one attached hydrogen (secondary N) is 2. The molecule has 3 rings (SSSR count). The van der Waals surface area contributed by atoms with Gasteiger partial charge in [-0.25, -0.2) is 0 Å². The SMILES string of the molecule is COc1cc(CNc2cccc(C(=O)NCC(C)C)c2)ccc1OCc1ccccc1C. The first kappa shape index (κ1) is 23.2. The minimum atomic E-state index is -0.0563. The molecule has 2 N–H and O–H groups in total. The largest absolute Gasteiger partial charge is 0.493 e. The van der Waals surface area contributed by atoms with Gasteiger partial charge in [-0.15, -0.1) is 0 Å². The van der Waals surface area contributed by atoms with Crippen molar-refractivity contribution in [2.75, 3.05) is 19.0 Å². The lowest BCUT2D eigenvalue weighted by molar-refractivity contribution is 0.0949. The number of hydrogen-bond donors (Lipinski definition) is 2. The van der Waals surface area contributed by atoms with Crippen molar-refractivity contribution in [2.45, 2.75) is 33.9 Å². The number of ether oxygens (including phenoxy) is 2. The fraction of sp³-hybridized carbons (Fsp3) is 0.296. The van der Waals surface area contributed by atoms with Gasteiger partial charge in [0.25, 0.3) is 5.91 Å². The van der Waals surface area contributed by atoms with Crippen LogP contribution in [0.4, 0.5) is 5.69 Å². The van der Waals surface area contributed by atoms with Gasteiger partial charge in [0.2, 0.25) is 0 Å². The number of aryl methyl sites for hydroxylation is 1. The third-order valence-corrected chi connectivity index (χ3v) is 5.16. The molecule has 0 aliphatic carbocycles. The van der Waals surface area contributed by atoms with Crippen molar-refractivity contribution in [1.82, 2.24) is 5.32 Å². The van der Waals surface area contributed by atoms with Crippen molar-refractivity contribution in [3.8, 4) is 11.5 Å². The van der Waals surface area contributed by atoms with E-state index in [1.54, 1.807) is 7.11 Å². The summed E-state index contributed by atoms with van der Waals surface area (Å²) in [5, 5.41) is 6.33. The summed E-state index contributed by atoms with van der Waals surface area (Å²) in [6, 6.07) is 21.6. The number of anilines is 1. The van der Waals surface area contributed by atoms with E-state index in [4.69, 9.17) is 9.47 Å². The number of hydrogen-bond acceptors (Lipinski definition) is 4. The fourth-order valence-corrected chi connectivity index (χ4v) is 3.24. The Morgan fingerprint density at radius 1 is 0.969 bits per heavy atom. The summed E-state index contributed by atoms with van der Waals surface area (Å²) in [5.74, 6) is 1.76. The van der Waals surface area contributed by atoms with Crippen LogP contribution in [0.15, 0.2) is 66.7 Å². The molecule has 0 fully saturated rings. The van der Waals surface area contributed by atoms with Gasteiger partial charge in [0.15, 0.2) is 11.5 Å². The minimum absolute atomic E-state index is 0.0563. The van der Waals surface area contributed by atoms with Crippen LogP contribution in [-0.4, -0.2) is 19.6 Å². The Hall–Kier alpha value is -3.47. The van der Waals surface area contributed by atoms with Gasteiger partial charge in [-0.1, -0.05) is 50.2 Å². The molecule has 32 heavy (non-hydrogen) atoms. The Balaban J connectivity index is 1.61. The highest BCUT2D eigenvalue weighted by Crippen LogP contribution is 2.29. The maximum atomic E-state index is 12.3. The Labute approximate surface area is 190 Å². The predicted octanol–water partition coefficient (Wildman–Crippen LogP) is 5.58. The van der Waals surface area contributed by atoms with Gasteiger partial charge in [-0.05, 0) is 59.9 Å². The average molecular weight is 433 g/mol. The summed E-state index contributed by atoms with van der Waals surface area (Å²) >= 11 is 0. The lowest BCUT2D eigenvalue weighted by atomic mass is 10.1. The van der Waals surface area contributed by atoms with Crippen LogP contribution >= 0.6 is 0 Å². The zero-order valence-corrected chi connectivity index (χ0v) is 19.3. The van der Waals surface area contributed by atoms with Crippen molar-refractivity contribution >= 4 is 11.6 Å². The van der Waals surface area contributed by atoms with E-state index < -0.39 is 0 Å². The van der Waals surface area contributed by atoms with Crippen LogP contribution < -0.4 is 20.1 Å². The molecule has 0 atom stereocenters. The minimum Gasteiger partial charge on any atom is -0.493 e. The Kier molecular flexibility index (Phi) is 8.14. The maximum absolute atomic E-state index is 12.3. The third kappa shape index (κ3) is 6.51. The lowest BCUT2D eigenvalue weighted by Crippen LogP contribution is -2.27. The summed E-state index contributed by atoms with van der Waals surface area (Å²) in [6.45, 7) is 7.98. The van der Waals surface area contributed by atoms with Gasteiger partial charge < -0.3 is 20.1 Å². The van der Waals surface area contributed by atoms with Crippen LogP contribution in [0, 0.1) is 12.8 Å². The van der Waals surface area contributed by atoms with Gasteiger partial charge in [-0.3, -0.25) is 4.79 Å². The molecule has 5 heteroatoms. The molecule has 0 radical (unpaired) electrons. The summed E-state index contributed by atoms with van der Waals surface area (Å²) in [4.78, 5) is 12.3. The van der Waals surface area contributed by atoms with Crippen LogP contribution in [-0.2, 0) is 13.2 Å². The van der Waals surface area contributed by atoms with E-state index >= 15 is 0 Å². The lowest BCUT2D eigenvalue weighted by Gasteiger charge is -2.14. The first-order chi connectivity index (χ1) is 15.5. The molecule has 0 aliphatic rings. The molecule has 5 nitrogen and oxygen atoms in total. The standard InChI is InChI=1S/C27H32N2O3/c1-19(2)16-29-27(30)22-10-7-11-24(15-22)28-17-21-12-13-25(26(14-21)31-4)32-18-23-9-6-5-8-20(23)3/h5-15,19,28H,16-18H2,1-4H3,(H,29,30). The molecule has 168 valence electrons. The molecule has 3 aromatic rings. The molecule has 0 saturated carbocycles. The Bertz CT molecular complexity index is 1050. The molecule has 0 saturated heterocycles. The predicted molar refractivity (Wildman–Crippen MR) is 129 cm³/mol. The Morgan fingerprint density at radius 2 is 1.78 bits per heavy atom. The van der Waals surface area contributed by atoms with E-state index in [2.05, 4.69) is 43.5 Å². The van der Waals surface area contributed by atoms with E-state index in [-0.39, 0.29) is 5.91 Å². The second kappa shape index (κ2) is 11.2. The number of benzene rings is 3. The molecule has 3 aromatic carbocycles. The Morgan fingerprint density at radius 3 is 2.53 bits per heavy atom. The summed E-state index contributed by atoms with van der Waals surface area (Å²) in [6.07, 6.45) is 0. The van der Waals surface area contributed by atoms with Gasteiger partial charge >= 0.3 is 0 Å². The van der Waals surface area contributed by atoms with Crippen molar-refractivity contribution in [3.05, 3.63) is 89.0 Å². The highest BCUT2D eigenvalue weighted by atomic mass is 16.5. The highest BCUT2D eigenvalue weighted by Gasteiger charge is 2.09. The van der Waals surface area contributed by atoms with Gasteiger partial charge in [-0.2, -0.15) is 0 Å². The average Bonchev–Trinajstić information content (AvgIpc) is 2.81. The number of methoxy groups -OCH3 is 1. The van der Waals surface area contributed by atoms with Gasteiger partial charge in [0.1, 0.15) is 6.61 Å². The number of rotatable bonds is 10. The van der Waals surface area contributed by atoms with Gasteiger partial charge in [0.05, 0.1) is 7.11 Å². The first-order valence-corrected chi connectivity index (χ1v) is 10.9. The molecule has 0 aromatic heterocycles. The van der Waals surface area contributed by atoms with Crippen LogP contribution in [0.5, 0.6) is 11.5 Å². The second-order valence-electron chi connectivity index (χ2n) is 8.24. The maximum Gasteiger partial charge on any atom is 0.251 e. The van der Waals surface area contributed by atoms with Crippen molar-refractivity contribution in [3.63, 3.8) is 0 Å². The molecule has 0 unspecified atom stereocenters. The van der Waals surface area contributed by atoms with Crippen molar-refractivity contribution in [1.29, 1.82) is 0 Å².